The highest BCUT2D eigenvalue weighted by Crippen LogP contribution is 2.40. The van der Waals surface area contributed by atoms with E-state index in [9.17, 15) is 24.2 Å². The first kappa shape index (κ1) is 16.3. The quantitative estimate of drug-likeness (QED) is 0.528. The minimum absolute atomic E-state index is 0.00105. The number of pyridine rings is 1. The molecular weight excluding hydrogens is 363 g/mol. The maximum absolute atomic E-state index is 13.0. The highest BCUT2D eigenvalue weighted by Gasteiger charge is 2.39. The van der Waals surface area contributed by atoms with E-state index in [4.69, 9.17) is 11.6 Å². The molecule has 4 rings (SSSR count). The first-order valence-corrected chi connectivity index (χ1v) is 7.91. The van der Waals surface area contributed by atoms with E-state index in [0.29, 0.717) is 5.56 Å². The predicted molar refractivity (Wildman–Crippen MR) is 89.4 cm³/mol. The number of nitrogens with zero attached hydrogens (tertiary/aromatic N) is 2. The Hall–Kier alpha value is -3.19. The topological polar surface area (TPSA) is 92.4 Å². The molecule has 0 saturated heterocycles. The lowest BCUT2D eigenvalue weighted by atomic mass is 9.89. The van der Waals surface area contributed by atoms with E-state index in [-0.39, 0.29) is 34.1 Å². The van der Waals surface area contributed by atoms with Crippen molar-refractivity contribution in [1.82, 2.24) is 9.55 Å². The minimum atomic E-state index is -0.706. The molecule has 2 N–H and O–H groups in total. The second-order valence-electron chi connectivity index (χ2n) is 5.80. The van der Waals surface area contributed by atoms with Crippen molar-refractivity contribution in [2.75, 3.05) is 0 Å². The highest BCUT2D eigenvalue weighted by molar-refractivity contribution is 6.32. The normalized spacial score (nSPS) is 12.8. The fourth-order valence-corrected chi connectivity index (χ4v) is 3.14. The molecule has 0 amide bonds. The Balaban J connectivity index is 1.87. The van der Waals surface area contributed by atoms with E-state index >= 15 is 0 Å². The molecule has 2 heterocycles. The average Bonchev–Trinajstić information content (AvgIpc) is 2.86. The summed E-state index contributed by atoms with van der Waals surface area (Å²) in [7, 11) is 0. The Bertz CT molecular complexity index is 1090. The molecule has 0 atom stereocenters. The summed E-state index contributed by atoms with van der Waals surface area (Å²) >= 11 is 5.79. The standard InChI is InChI=1S/C18H10ClFN2O4/c19-11-6-5-10-14(21-11)16(24)13-12(15(10)23)17(25)22(18(13)26)7-8-1-3-9(20)4-2-8/h1-6,25-26H,7H2. The van der Waals surface area contributed by atoms with Crippen molar-refractivity contribution < 1.29 is 24.2 Å². The van der Waals surface area contributed by atoms with Crippen LogP contribution in [0.1, 0.15) is 37.5 Å². The van der Waals surface area contributed by atoms with Gasteiger partial charge in [0.05, 0.1) is 17.7 Å². The number of aromatic hydroxyl groups is 2. The maximum Gasteiger partial charge on any atom is 0.218 e. The summed E-state index contributed by atoms with van der Waals surface area (Å²) in [5.74, 6) is -2.88. The van der Waals surface area contributed by atoms with Gasteiger partial charge >= 0.3 is 0 Å². The van der Waals surface area contributed by atoms with Crippen LogP contribution in [0.2, 0.25) is 5.15 Å². The van der Waals surface area contributed by atoms with E-state index < -0.39 is 29.1 Å². The van der Waals surface area contributed by atoms with E-state index in [1.807, 2.05) is 0 Å². The van der Waals surface area contributed by atoms with Crippen LogP contribution in [0.15, 0.2) is 36.4 Å². The first-order chi connectivity index (χ1) is 12.4. The molecule has 0 saturated carbocycles. The van der Waals surface area contributed by atoms with E-state index in [2.05, 4.69) is 4.98 Å². The molecule has 1 aliphatic rings. The van der Waals surface area contributed by atoms with Crippen molar-refractivity contribution in [3.63, 3.8) is 0 Å². The van der Waals surface area contributed by atoms with Crippen LogP contribution >= 0.6 is 11.6 Å². The van der Waals surface area contributed by atoms with Crippen molar-refractivity contribution in [2.24, 2.45) is 0 Å². The van der Waals surface area contributed by atoms with Gasteiger partial charge in [-0.25, -0.2) is 9.37 Å². The van der Waals surface area contributed by atoms with Crippen molar-refractivity contribution in [3.05, 3.63) is 75.3 Å². The number of halogens is 2. The smallest absolute Gasteiger partial charge is 0.218 e. The Morgan fingerprint density at radius 1 is 0.962 bits per heavy atom. The number of hydrogen-bond donors (Lipinski definition) is 2. The van der Waals surface area contributed by atoms with Crippen LogP contribution < -0.4 is 0 Å². The van der Waals surface area contributed by atoms with Gasteiger partial charge in [-0.1, -0.05) is 23.7 Å². The van der Waals surface area contributed by atoms with Crippen LogP contribution in [-0.2, 0) is 6.54 Å². The van der Waals surface area contributed by atoms with Gasteiger partial charge in [0.15, 0.2) is 0 Å². The second kappa shape index (κ2) is 5.67. The fourth-order valence-electron chi connectivity index (χ4n) is 2.99. The molecule has 1 aromatic carbocycles. The lowest BCUT2D eigenvalue weighted by molar-refractivity contribution is 0.0972. The van der Waals surface area contributed by atoms with Gasteiger partial charge in [-0.2, -0.15) is 0 Å². The maximum atomic E-state index is 13.0. The van der Waals surface area contributed by atoms with Gasteiger partial charge in [-0.15, -0.1) is 0 Å². The summed E-state index contributed by atoms with van der Waals surface area (Å²) in [6.45, 7) is -0.0595. The highest BCUT2D eigenvalue weighted by atomic mass is 35.5. The number of carbonyl (C=O) groups is 2. The van der Waals surface area contributed by atoms with Crippen molar-refractivity contribution >= 4 is 23.2 Å². The average molecular weight is 373 g/mol. The molecule has 0 fully saturated rings. The zero-order valence-corrected chi connectivity index (χ0v) is 13.8. The summed E-state index contributed by atoms with van der Waals surface area (Å²) in [6, 6.07) is 8.10. The molecule has 2 aromatic heterocycles. The molecule has 6 nitrogen and oxygen atoms in total. The Kier molecular flexibility index (Phi) is 3.55. The molecule has 0 aliphatic heterocycles. The van der Waals surface area contributed by atoms with E-state index in [1.165, 1.54) is 36.4 Å². The van der Waals surface area contributed by atoms with E-state index in [0.717, 1.165) is 4.57 Å². The van der Waals surface area contributed by atoms with Gasteiger partial charge in [0.1, 0.15) is 22.2 Å². The zero-order valence-electron chi connectivity index (χ0n) is 13.0. The third kappa shape index (κ3) is 2.28. The third-order valence-corrected chi connectivity index (χ3v) is 4.45. The summed E-state index contributed by atoms with van der Waals surface area (Å²) in [4.78, 5) is 29.2. The SMILES string of the molecule is O=C1c2ccc(Cl)nc2C(=O)c2c1c(O)n(Cc1ccc(F)cc1)c2O. The Morgan fingerprint density at radius 2 is 1.58 bits per heavy atom. The summed E-state index contributed by atoms with van der Waals surface area (Å²) in [5.41, 5.74) is -0.226. The van der Waals surface area contributed by atoms with Gasteiger partial charge in [-0.05, 0) is 29.8 Å². The first-order valence-electron chi connectivity index (χ1n) is 7.53. The Morgan fingerprint density at radius 3 is 2.23 bits per heavy atom. The lowest BCUT2D eigenvalue weighted by Gasteiger charge is -2.13. The van der Waals surface area contributed by atoms with Crippen molar-refractivity contribution in [2.45, 2.75) is 6.54 Å². The number of ketones is 2. The van der Waals surface area contributed by atoms with Gasteiger partial charge in [0.25, 0.3) is 0 Å². The van der Waals surface area contributed by atoms with Crippen LogP contribution in [0.25, 0.3) is 0 Å². The number of benzene rings is 1. The fraction of sp³-hybridized carbons (Fsp3) is 0.0556. The third-order valence-electron chi connectivity index (χ3n) is 4.24. The minimum Gasteiger partial charge on any atom is -0.494 e. The lowest BCUT2D eigenvalue weighted by Crippen LogP contribution is -2.21. The van der Waals surface area contributed by atoms with Crippen LogP contribution in [0, 0.1) is 5.82 Å². The molecular formula is C18H10ClFN2O4. The van der Waals surface area contributed by atoms with Crippen LogP contribution in [0.5, 0.6) is 11.8 Å². The summed E-state index contributed by atoms with van der Waals surface area (Å²) < 4.78 is 14.1. The van der Waals surface area contributed by atoms with E-state index in [1.54, 1.807) is 0 Å². The molecule has 0 unspecified atom stereocenters. The number of aromatic nitrogens is 2. The largest absolute Gasteiger partial charge is 0.494 e. The molecule has 0 bridgehead atoms. The summed E-state index contributed by atoms with van der Waals surface area (Å²) in [6.07, 6.45) is 0. The molecule has 0 spiro atoms. The zero-order chi connectivity index (χ0) is 18.6. The molecule has 130 valence electrons. The van der Waals surface area contributed by atoms with Crippen molar-refractivity contribution in [3.8, 4) is 11.8 Å². The van der Waals surface area contributed by atoms with Crippen LogP contribution in [0.3, 0.4) is 0 Å². The van der Waals surface area contributed by atoms with Crippen LogP contribution in [0.4, 0.5) is 4.39 Å². The number of carbonyl (C=O) groups excluding carboxylic acids is 2. The second-order valence-corrected chi connectivity index (χ2v) is 6.19. The molecule has 1 aliphatic carbocycles. The summed E-state index contributed by atoms with van der Waals surface area (Å²) in [5, 5.41) is 20.9. The monoisotopic (exact) mass is 372 g/mol. The van der Waals surface area contributed by atoms with Gasteiger partial charge < -0.3 is 10.2 Å². The molecule has 3 aromatic rings. The molecule has 8 heteroatoms. The van der Waals surface area contributed by atoms with Gasteiger partial charge in [0.2, 0.25) is 23.3 Å². The van der Waals surface area contributed by atoms with Crippen molar-refractivity contribution in [1.29, 1.82) is 0 Å². The predicted octanol–water partition coefficient (Wildman–Crippen LogP) is 2.91. The van der Waals surface area contributed by atoms with Gasteiger partial charge in [-0.3, -0.25) is 14.2 Å². The molecule has 0 radical (unpaired) electrons. The number of hydrogen-bond acceptors (Lipinski definition) is 5. The number of rotatable bonds is 2. The molecule has 26 heavy (non-hydrogen) atoms. The number of fused-ring (bicyclic) bond motifs is 2. The van der Waals surface area contributed by atoms with Crippen LogP contribution in [-0.4, -0.2) is 31.3 Å². The Labute approximate surface area is 151 Å². The van der Waals surface area contributed by atoms with Gasteiger partial charge in [0, 0.05) is 0 Å².